The fourth-order valence-electron chi connectivity index (χ4n) is 5.12. The number of halogens is 3. The largest absolute Gasteiger partial charge is 0.416 e. The minimum atomic E-state index is -4.58. The first-order valence-corrected chi connectivity index (χ1v) is 13.9. The highest BCUT2D eigenvalue weighted by molar-refractivity contribution is 7.21. The van der Waals surface area contributed by atoms with E-state index in [0.29, 0.717) is 44.3 Å². The van der Waals surface area contributed by atoms with Crippen molar-refractivity contribution in [1.82, 2.24) is 20.6 Å². The van der Waals surface area contributed by atoms with Crippen LogP contribution in [0.15, 0.2) is 48.8 Å². The molecule has 4 amide bonds. The summed E-state index contributed by atoms with van der Waals surface area (Å²) in [5.74, 6) is -1.17. The zero-order chi connectivity index (χ0) is 29.6. The lowest BCUT2D eigenvalue weighted by atomic mass is 10.1. The topological polar surface area (TPSA) is 128 Å². The standard InChI is InChI=1S/C28H24F3N7O3S/c1-14-11-15(24(39)36-20-12-16(6-9-33-20)28(29,30)31)4-5-18(14)38-19-7-10-34-26-21(19)22(37-27(38)41)23(42-26)25(40)35-17-3-2-8-32-13-17/h4-7,9-12,17,32H,2-3,8,13H2,1H3,(H,35,40)(H,37,41)(H,33,36,39)/t17-/m1/s1. The molecular formula is C28H24F3N7O3S. The summed E-state index contributed by atoms with van der Waals surface area (Å²) in [6.45, 7) is 3.30. The van der Waals surface area contributed by atoms with Crippen LogP contribution < -0.4 is 26.2 Å². The maximum atomic E-state index is 13.5. The minimum Gasteiger partial charge on any atom is -0.347 e. The number of pyridine rings is 2. The summed E-state index contributed by atoms with van der Waals surface area (Å²) in [6.07, 6.45) is -0.211. The molecule has 0 bridgehead atoms. The second-order valence-corrected chi connectivity index (χ2v) is 11.0. The Balaban J connectivity index is 1.28. The third-order valence-electron chi connectivity index (χ3n) is 7.11. The zero-order valence-electron chi connectivity index (χ0n) is 22.1. The van der Waals surface area contributed by atoms with E-state index in [9.17, 15) is 27.6 Å². The molecule has 216 valence electrons. The molecule has 2 aliphatic rings. The van der Waals surface area contributed by atoms with E-state index in [1.54, 1.807) is 25.3 Å². The van der Waals surface area contributed by atoms with Crippen LogP contribution in [0.5, 0.6) is 0 Å². The first kappa shape index (κ1) is 27.6. The lowest BCUT2D eigenvalue weighted by molar-refractivity contribution is -0.137. The molecule has 0 unspecified atom stereocenters. The van der Waals surface area contributed by atoms with Crippen LogP contribution in [0.3, 0.4) is 0 Å². The van der Waals surface area contributed by atoms with E-state index in [0.717, 1.165) is 37.7 Å². The van der Waals surface area contributed by atoms with E-state index >= 15 is 0 Å². The molecule has 4 N–H and O–H groups in total. The van der Waals surface area contributed by atoms with Gasteiger partial charge >= 0.3 is 12.2 Å². The van der Waals surface area contributed by atoms with Gasteiger partial charge in [0.2, 0.25) is 0 Å². The van der Waals surface area contributed by atoms with Crippen LogP contribution >= 0.6 is 11.3 Å². The molecule has 0 saturated carbocycles. The number of hydrogen-bond acceptors (Lipinski definition) is 7. The van der Waals surface area contributed by atoms with E-state index in [4.69, 9.17) is 0 Å². The first-order chi connectivity index (χ1) is 20.1. The number of nitrogens with one attached hydrogen (secondary N) is 4. The van der Waals surface area contributed by atoms with Crippen molar-refractivity contribution in [3.8, 4) is 0 Å². The molecule has 10 nitrogen and oxygen atoms in total. The van der Waals surface area contributed by atoms with Gasteiger partial charge in [-0.3, -0.25) is 14.5 Å². The van der Waals surface area contributed by atoms with Gasteiger partial charge in [0.25, 0.3) is 11.8 Å². The van der Waals surface area contributed by atoms with Gasteiger partial charge in [0, 0.05) is 30.5 Å². The Hall–Kier alpha value is -4.56. The van der Waals surface area contributed by atoms with E-state index in [1.807, 2.05) is 0 Å². The average Bonchev–Trinajstić information content (AvgIpc) is 3.33. The molecule has 3 aromatic heterocycles. The summed E-state index contributed by atoms with van der Waals surface area (Å²) < 4.78 is 39.1. The van der Waals surface area contributed by atoms with E-state index in [1.165, 1.54) is 28.4 Å². The SMILES string of the molecule is Cc1cc(C(=O)Nc2cc(C(F)(F)F)ccn2)ccc1N1C(=O)Nc2c(C(=O)N[C@@H]3CCCNC3)sc3nccc1c23. The van der Waals surface area contributed by atoms with Gasteiger partial charge in [-0.05, 0) is 68.3 Å². The smallest absolute Gasteiger partial charge is 0.347 e. The van der Waals surface area contributed by atoms with E-state index < -0.39 is 23.7 Å². The summed E-state index contributed by atoms with van der Waals surface area (Å²) >= 11 is 1.20. The molecule has 1 atom stereocenters. The van der Waals surface area contributed by atoms with E-state index in [-0.39, 0.29) is 23.3 Å². The average molecular weight is 596 g/mol. The highest BCUT2D eigenvalue weighted by Crippen LogP contribution is 2.46. The van der Waals surface area contributed by atoms with Crippen LogP contribution in [0.1, 0.15) is 44.0 Å². The predicted octanol–water partition coefficient (Wildman–Crippen LogP) is 5.44. The van der Waals surface area contributed by atoms with Crippen LogP contribution in [0, 0.1) is 6.92 Å². The molecule has 14 heteroatoms. The molecule has 1 fully saturated rings. The fourth-order valence-corrected chi connectivity index (χ4v) is 6.14. The lowest BCUT2D eigenvalue weighted by Gasteiger charge is -2.30. The summed E-state index contributed by atoms with van der Waals surface area (Å²) in [6, 6.07) is 7.34. The van der Waals surface area contributed by atoms with Crippen LogP contribution in [0.2, 0.25) is 0 Å². The Labute approximate surface area is 241 Å². The number of piperidine rings is 1. The molecule has 4 aromatic rings. The number of amides is 4. The van der Waals surface area contributed by atoms with Crippen LogP contribution in [0.4, 0.5) is 40.8 Å². The maximum Gasteiger partial charge on any atom is 0.416 e. The number of alkyl halides is 3. The van der Waals surface area contributed by atoms with Crippen LogP contribution in [0.25, 0.3) is 10.2 Å². The number of nitrogens with zero attached hydrogens (tertiary/aromatic N) is 3. The summed E-state index contributed by atoms with van der Waals surface area (Å²) in [4.78, 5) is 50.1. The number of aryl methyl sites for hydroxylation is 1. The molecule has 0 radical (unpaired) electrons. The molecule has 1 aromatic carbocycles. The Morgan fingerprint density at radius 1 is 1.07 bits per heavy atom. The van der Waals surface area contributed by atoms with Crippen molar-refractivity contribution in [1.29, 1.82) is 0 Å². The summed E-state index contributed by atoms with van der Waals surface area (Å²) in [5.41, 5.74) is 1.20. The Morgan fingerprint density at radius 2 is 1.88 bits per heavy atom. The third-order valence-corrected chi connectivity index (χ3v) is 8.21. The zero-order valence-corrected chi connectivity index (χ0v) is 22.9. The Kier molecular flexibility index (Phi) is 7.02. The number of benzene rings is 1. The number of anilines is 4. The number of aromatic nitrogens is 2. The van der Waals surface area contributed by atoms with Crippen LogP contribution in [-0.2, 0) is 6.18 Å². The second kappa shape index (κ2) is 10.7. The van der Waals surface area contributed by atoms with Crippen molar-refractivity contribution in [3.05, 3.63) is 70.4 Å². The molecule has 42 heavy (non-hydrogen) atoms. The number of thiophene rings is 1. The maximum absolute atomic E-state index is 13.5. The number of carbonyl (C=O) groups excluding carboxylic acids is 3. The quantitative estimate of drug-likeness (QED) is 0.243. The van der Waals surface area contributed by atoms with Crippen LogP contribution in [-0.4, -0.2) is 46.9 Å². The third kappa shape index (κ3) is 5.14. The van der Waals surface area contributed by atoms with Gasteiger partial charge in [-0.15, -0.1) is 11.3 Å². The highest BCUT2D eigenvalue weighted by atomic mass is 32.1. The lowest BCUT2D eigenvalue weighted by Crippen LogP contribution is -2.45. The van der Waals surface area contributed by atoms with Gasteiger partial charge in [-0.1, -0.05) is 0 Å². The van der Waals surface area contributed by atoms with Gasteiger partial charge in [0.1, 0.15) is 15.5 Å². The minimum absolute atomic E-state index is 0.00499. The first-order valence-electron chi connectivity index (χ1n) is 13.1. The predicted molar refractivity (Wildman–Crippen MR) is 153 cm³/mol. The normalized spacial score (nSPS) is 16.7. The van der Waals surface area contributed by atoms with Gasteiger partial charge in [0.15, 0.2) is 0 Å². The molecule has 5 heterocycles. The summed E-state index contributed by atoms with van der Waals surface area (Å²) in [5, 5.41) is 12.2. The second-order valence-electron chi connectivity index (χ2n) is 9.98. The monoisotopic (exact) mass is 595 g/mol. The molecule has 2 aliphatic heterocycles. The molecular weight excluding hydrogens is 571 g/mol. The van der Waals surface area contributed by atoms with Crippen molar-refractivity contribution < 1.29 is 27.6 Å². The summed E-state index contributed by atoms with van der Waals surface area (Å²) in [7, 11) is 0. The van der Waals surface area contributed by atoms with Gasteiger partial charge < -0.3 is 21.3 Å². The number of urea groups is 1. The molecule has 0 spiro atoms. The molecule has 1 saturated heterocycles. The number of carbonyl (C=O) groups is 3. The fraction of sp³-hybridized carbons (Fsp3) is 0.250. The van der Waals surface area contributed by atoms with Gasteiger partial charge in [0.05, 0.1) is 28.0 Å². The van der Waals surface area contributed by atoms with E-state index in [2.05, 4.69) is 31.2 Å². The Bertz CT molecular complexity index is 1730. The number of hydrogen-bond donors (Lipinski definition) is 4. The van der Waals surface area contributed by atoms with Gasteiger partial charge in [-0.2, -0.15) is 13.2 Å². The Morgan fingerprint density at radius 3 is 2.62 bits per heavy atom. The van der Waals surface area contributed by atoms with Crippen molar-refractivity contribution in [2.45, 2.75) is 32.0 Å². The van der Waals surface area contributed by atoms with Crippen molar-refractivity contribution in [2.24, 2.45) is 0 Å². The van der Waals surface area contributed by atoms with Crippen molar-refractivity contribution >= 4 is 62.3 Å². The van der Waals surface area contributed by atoms with Gasteiger partial charge in [-0.25, -0.2) is 14.8 Å². The highest BCUT2D eigenvalue weighted by Gasteiger charge is 2.34. The molecule has 0 aliphatic carbocycles. The van der Waals surface area contributed by atoms with Crippen molar-refractivity contribution in [2.75, 3.05) is 28.6 Å². The molecule has 6 rings (SSSR count). The van der Waals surface area contributed by atoms with Crippen molar-refractivity contribution in [3.63, 3.8) is 0 Å². The number of rotatable bonds is 5.